The van der Waals surface area contributed by atoms with Gasteiger partial charge in [-0.05, 0) is 43.4 Å². The van der Waals surface area contributed by atoms with Crippen LogP contribution in [0.1, 0.15) is 59.8 Å². The molecular formula is C15H28O2. The van der Waals surface area contributed by atoms with Crippen molar-refractivity contribution in [1.82, 2.24) is 0 Å². The number of carbonyl (C=O) groups is 1. The molecule has 0 aliphatic heterocycles. The highest BCUT2D eigenvalue weighted by molar-refractivity contribution is 5.77. The summed E-state index contributed by atoms with van der Waals surface area (Å²) >= 11 is 0. The van der Waals surface area contributed by atoms with Gasteiger partial charge in [0.1, 0.15) is 0 Å². The largest absolute Gasteiger partial charge is 0.469 e. The van der Waals surface area contributed by atoms with E-state index in [0.29, 0.717) is 11.8 Å². The zero-order valence-electron chi connectivity index (χ0n) is 12.1. The lowest BCUT2D eigenvalue weighted by Crippen LogP contribution is -2.37. The van der Waals surface area contributed by atoms with Crippen LogP contribution in [0.2, 0.25) is 0 Å². The van der Waals surface area contributed by atoms with Gasteiger partial charge in [-0.3, -0.25) is 4.79 Å². The normalized spacial score (nSPS) is 33.1. The Morgan fingerprint density at radius 1 is 1.41 bits per heavy atom. The van der Waals surface area contributed by atoms with Crippen molar-refractivity contribution < 1.29 is 9.53 Å². The number of ether oxygens (including phenoxy) is 1. The minimum absolute atomic E-state index is 0.0260. The third-order valence-corrected chi connectivity index (χ3v) is 4.68. The third kappa shape index (κ3) is 2.66. The van der Waals surface area contributed by atoms with Crippen LogP contribution in [0.25, 0.3) is 0 Å². The molecule has 0 aromatic heterocycles. The molecule has 17 heavy (non-hydrogen) atoms. The van der Waals surface area contributed by atoms with E-state index in [9.17, 15) is 4.79 Å². The third-order valence-electron chi connectivity index (χ3n) is 4.68. The molecule has 1 aliphatic rings. The van der Waals surface area contributed by atoms with Crippen molar-refractivity contribution in [2.45, 2.75) is 59.8 Å². The van der Waals surface area contributed by atoms with Gasteiger partial charge in [-0.1, -0.05) is 34.1 Å². The summed E-state index contributed by atoms with van der Waals surface area (Å²) < 4.78 is 5.07. The number of esters is 1. The molecule has 3 atom stereocenters. The predicted octanol–water partition coefficient (Wildman–Crippen LogP) is 4.04. The molecule has 2 nitrogen and oxygen atoms in total. The molecule has 0 amide bonds. The molecule has 1 rings (SSSR count). The lowest BCUT2D eigenvalue weighted by molar-refractivity contribution is -0.156. The summed E-state index contributed by atoms with van der Waals surface area (Å²) in [6, 6.07) is 0. The average molecular weight is 240 g/mol. The summed E-state index contributed by atoms with van der Waals surface area (Å²) in [7, 11) is 1.53. The highest BCUT2D eigenvalue weighted by Gasteiger charge is 2.51. The molecule has 0 aromatic rings. The predicted molar refractivity (Wildman–Crippen MR) is 70.7 cm³/mol. The molecule has 2 heteroatoms. The second-order valence-corrected chi connectivity index (χ2v) is 5.94. The molecule has 0 bridgehead atoms. The van der Waals surface area contributed by atoms with E-state index >= 15 is 0 Å². The van der Waals surface area contributed by atoms with E-state index in [1.54, 1.807) is 0 Å². The Bertz CT molecular complexity index is 260. The molecular weight excluding hydrogens is 212 g/mol. The Morgan fingerprint density at radius 2 is 2.06 bits per heavy atom. The maximum Gasteiger partial charge on any atom is 0.312 e. The lowest BCUT2D eigenvalue weighted by atomic mass is 9.71. The fourth-order valence-corrected chi connectivity index (χ4v) is 3.93. The molecule has 1 saturated carbocycles. The quantitative estimate of drug-likeness (QED) is 0.678. The minimum atomic E-state index is -0.191. The van der Waals surface area contributed by atoms with Crippen LogP contribution < -0.4 is 0 Å². The summed E-state index contributed by atoms with van der Waals surface area (Å²) in [5.74, 6) is 1.97. The smallest absolute Gasteiger partial charge is 0.312 e. The van der Waals surface area contributed by atoms with Crippen LogP contribution >= 0.6 is 0 Å². The van der Waals surface area contributed by atoms with Crippen molar-refractivity contribution in [2.24, 2.45) is 23.2 Å². The number of carbonyl (C=O) groups excluding carboxylic acids is 1. The van der Waals surface area contributed by atoms with Crippen LogP contribution in [0.5, 0.6) is 0 Å². The van der Waals surface area contributed by atoms with E-state index in [-0.39, 0.29) is 11.4 Å². The van der Waals surface area contributed by atoms with Crippen LogP contribution in [0.15, 0.2) is 0 Å². The monoisotopic (exact) mass is 240 g/mol. The first-order chi connectivity index (χ1) is 8.01. The summed E-state index contributed by atoms with van der Waals surface area (Å²) in [5, 5.41) is 0. The molecule has 2 unspecified atom stereocenters. The maximum absolute atomic E-state index is 12.1. The van der Waals surface area contributed by atoms with Gasteiger partial charge in [0, 0.05) is 0 Å². The second kappa shape index (κ2) is 5.88. The summed E-state index contributed by atoms with van der Waals surface area (Å²) in [4.78, 5) is 12.1. The minimum Gasteiger partial charge on any atom is -0.469 e. The zero-order chi connectivity index (χ0) is 13.1. The fourth-order valence-electron chi connectivity index (χ4n) is 3.93. The SMILES string of the molecule is CCC1C(CC(C)C)CC[C@@]1(CC)C(=O)OC. The van der Waals surface area contributed by atoms with Gasteiger partial charge in [0.15, 0.2) is 0 Å². The van der Waals surface area contributed by atoms with Gasteiger partial charge in [-0.15, -0.1) is 0 Å². The zero-order valence-corrected chi connectivity index (χ0v) is 12.1. The molecule has 100 valence electrons. The van der Waals surface area contributed by atoms with Gasteiger partial charge in [0.2, 0.25) is 0 Å². The van der Waals surface area contributed by atoms with Crippen LogP contribution in [0.3, 0.4) is 0 Å². The van der Waals surface area contributed by atoms with E-state index in [1.807, 2.05) is 0 Å². The van der Waals surface area contributed by atoms with Gasteiger partial charge < -0.3 is 4.74 Å². The molecule has 1 aliphatic carbocycles. The van der Waals surface area contributed by atoms with Crippen molar-refractivity contribution in [2.75, 3.05) is 7.11 Å². The second-order valence-electron chi connectivity index (χ2n) is 5.94. The van der Waals surface area contributed by atoms with E-state index in [0.717, 1.165) is 25.2 Å². The summed E-state index contributed by atoms with van der Waals surface area (Å²) in [6.07, 6.45) is 5.48. The van der Waals surface area contributed by atoms with Crippen molar-refractivity contribution in [1.29, 1.82) is 0 Å². The van der Waals surface area contributed by atoms with Crippen LogP contribution in [-0.4, -0.2) is 13.1 Å². The van der Waals surface area contributed by atoms with Crippen molar-refractivity contribution in [3.05, 3.63) is 0 Å². The van der Waals surface area contributed by atoms with E-state index in [2.05, 4.69) is 27.7 Å². The Morgan fingerprint density at radius 3 is 2.47 bits per heavy atom. The van der Waals surface area contributed by atoms with Crippen molar-refractivity contribution >= 4 is 5.97 Å². The van der Waals surface area contributed by atoms with Crippen molar-refractivity contribution in [3.8, 4) is 0 Å². The van der Waals surface area contributed by atoms with Crippen LogP contribution in [0, 0.1) is 23.2 Å². The molecule has 0 N–H and O–H groups in total. The maximum atomic E-state index is 12.1. The Labute approximate surface area is 106 Å². The van der Waals surface area contributed by atoms with Gasteiger partial charge in [-0.25, -0.2) is 0 Å². The van der Waals surface area contributed by atoms with Gasteiger partial charge in [0.05, 0.1) is 12.5 Å². The van der Waals surface area contributed by atoms with Crippen molar-refractivity contribution in [3.63, 3.8) is 0 Å². The van der Waals surface area contributed by atoms with E-state index < -0.39 is 0 Å². The molecule has 1 fully saturated rings. The summed E-state index contributed by atoms with van der Waals surface area (Å²) in [6.45, 7) is 8.90. The molecule has 0 radical (unpaired) electrons. The Hall–Kier alpha value is -0.530. The Kier molecular flexibility index (Phi) is 5.03. The summed E-state index contributed by atoms with van der Waals surface area (Å²) in [5.41, 5.74) is -0.191. The lowest BCUT2D eigenvalue weighted by Gasteiger charge is -2.34. The van der Waals surface area contributed by atoms with Gasteiger partial charge >= 0.3 is 5.97 Å². The highest BCUT2D eigenvalue weighted by Crippen LogP contribution is 2.53. The molecule has 0 aromatic carbocycles. The Balaban J connectivity index is 2.90. The number of methoxy groups -OCH3 is 1. The number of hydrogen-bond donors (Lipinski definition) is 0. The average Bonchev–Trinajstić information content (AvgIpc) is 2.66. The first-order valence-corrected chi connectivity index (χ1v) is 7.10. The standard InChI is InChI=1S/C15H28O2/c1-6-13-12(10-11(3)4)8-9-15(13,7-2)14(16)17-5/h11-13H,6-10H2,1-5H3/t12?,13?,15-/m1/s1. The van der Waals surface area contributed by atoms with E-state index in [1.165, 1.54) is 20.0 Å². The topological polar surface area (TPSA) is 26.3 Å². The van der Waals surface area contributed by atoms with Gasteiger partial charge in [0.25, 0.3) is 0 Å². The fraction of sp³-hybridized carbons (Fsp3) is 0.933. The first kappa shape index (κ1) is 14.5. The first-order valence-electron chi connectivity index (χ1n) is 7.10. The molecule has 0 heterocycles. The van der Waals surface area contributed by atoms with Crippen LogP contribution in [0.4, 0.5) is 0 Å². The highest BCUT2D eigenvalue weighted by atomic mass is 16.5. The molecule has 0 saturated heterocycles. The number of hydrogen-bond acceptors (Lipinski definition) is 2. The van der Waals surface area contributed by atoms with E-state index in [4.69, 9.17) is 4.74 Å². The van der Waals surface area contributed by atoms with Crippen LogP contribution in [-0.2, 0) is 9.53 Å². The number of rotatable bonds is 5. The molecule has 0 spiro atoms. The van der Waals surface area contributed by atoms with Gasteiger partial charge in [-0.2, -0.15) is 0 Å².